The lowest BCUT2D eigenvalue weighted by atomic mass is 10.1. The molecule has 0 fully saturated rings. The number of aliphatic imine (C=N–C) groups is 1. The lowest BCUT2D eigenvalue weighted by Gasteiger charge is -2.10. The van der Waals surface area contributed by atoms with Crippen LogP contribution in [-0.2, 0) is 0 Å². The summed E-state index contributed by atoms with van der Waals surface area (Å²) < 4.78 is 11.6. The zero-order valence-corrected chi connectivity index (χ0v) is 16.9. The monoisotopic (exact) mass is 453 g/mol. The first-order chi connectivity index (χ1) is 14.0. The molecule has 6 nitrogen and oxygen atoms in total. The van der Waals surface area contributed by atoms with E-state index in [4.69, 9.17) is 9.47 Å². The molecular formula is C22H16BrNO5. The standard InChI is InChI=1S/C22H16BrNO5/c1-28-20-12-14(13-24-18-5-3-2-4-17(18)21(25)26)6-11-19(20)29-22(27)15-7-9-16(23)10-8-15/h2-13H,1H3,(H,25,26). The van der Waals surface area contributed by atoms with Crippen LogP contribution >= 0.6 is 15.9 Å². The Bertz CT molecular complexity index is 1080. The molecule has 1 N–H and O–H groups in total. The lowest BCUT2D eigenvalue weighted by Crippen LogP contribution is -2.09. The van der Waals surface area contributed by atoms with Crippen molar-refractivity contribution in [1.82, 2.24) is 0 Å². The number of benzene rings is 3. The molecule has 0 bridgehead atoms. The van der Waals surface area contributed by atoms with E-state index in [9.17, 15) is 14.7 Å². The maximum Gasteiger partial charge on any atom is 0.343 e. The summed E-state index contributed by atoms with van der Waals surface area (Å²) in [6.45, 7) is 0. The lowest BCUT2D eigenvalue weighted by molar-refractivity contribution is 0.0695. The van der Waals surface area contributed by atoms with Crippen molar-refractivity contribution >= 4 is 39.8 Å². The van der Waals surface area contributed by atoms with Crippen molar-refractivity contribution in [3.05, 3.63) is 87.9 Å². The number of carbonyl (C=O) groups is 2. The summed E-state index contributed by atoms with van der Waals surface area (Å²) in [5.74, 6) is -0.937. The molecule has 3 aromatic carbocycles. The van der Waals surface area contributed by atoms with Crippen LogP contribution in [0.25, 0.3) is 0 Å². The Labute approximate surface area is 175 Å². The van der Waals surface area contributed by atoms with Crippen LogP contribution in [0.4, 0.5) is 5.69 Å². The molecule has 0 saturated carbocycles. The minimum atomic E-state index is -1.05. The van der Waals surface area contributed by atoms with Gasteiger partial charge in [0.2, 0.25) is 0 Å². The molecule has 0 heterocycles. The number of nitrogens with zero attached hydrogens (tertiary/aromatic N) is 1. The molecule has 0 saturated heterocycles. The molecule has 29 heavy (non-hydrogen) atoms. The van der Waals surface area contributed by atoms with Crippen molar-refractivity contribution < 1.29 is 24.2 Å². The number of carboxylic acids is 1. The molecule has 0 unspecified atom stereocenters. The number of aromatic carboxylic acids is 1. The molecule has 7 heteroatoms. The fourth-order valence-electron chi connectivity index (χ4n) is 2.50. The van der Waals surface area contributed by atoms with Gasteiger partial charge in [-0.05, 0) is 60.2 Å². The van der Waals surface area contributed by atoms with Crippen molar-refractivity contribution in [2.75, 3.05) is 7.11 Å². The molecule has 0 atom stereocenters. The molecule has 0 aliphatic carbocycles. The fourth-order valence-corrected chi connectivity index (χ4v) is 2.77. The third-order valence-corrected chi connectivity index (χ3v) is 4.49. The molecule has 0 aromatic heterocycles. The summed E-state index contributed by atoms with van der Waals surface area (Å²) in [5.41, 5.74) is 1.51. The summed E-state index contributed by atoms with van der Waals surface area (Å²) in [5, 5.41) is 9.23. The number of esters is 1. The highest BCUT2D eigenvalue weighted by atomic mass is 79.9. The van der Waals surface area contributed by atoms with Crippen molar-refractivity contribution in [2.24, 2.45) is 4.99 Å². The van der Waals surface area contributed by atoms with E-state index >= 15 is 0 Å². The molecule has 3 rings (SSSR count). The van der Waals surface area contributed by atoms with Crippen LogP contribution in [0.5, 0.6) is 11.5 Å². The second kappa shape index (κ2) is 9.16. The van der Waals surface area contributed by atoms with Crippen molar-refractivity contribution in [2.45, 2.75) is 0 Å². The van der Waals surface area contributed by atoms with Gasteiger partial charge >= 0.3 is 11.9 Å². The topological polar surface area (TPSA) is 85.2 Å². The second-order valence-electron chi connectivity index (χ2n) is 5.89. The van der Waals surface area contributed by atoms with Crippen molar-refractivity contribution in [3.8, 4) is 11.5 Å². The molecule has 146 valence electrons. The zero-order valence-electron chi connectivity index (χ0n) is 15.3. The molecule has 0 aliphatic rings. The second-order valence-corrected chi connectivity index (χ2v) is 6.80. The normalized spacial score (nSPS) is 10.7. The third-order valence-electron chi connectivity index (χ3n) is 3.96. The number of methoxy groups -OCH3 is 1. The Morgan fingerprint density at radius 3 is 2.41 bits per heavy atom. The zero-order chi connectivity index (χ0) is 20.8. The Kier molecular flexibility index (Phi) is 6.41. The first-order valence-corrected chi connectivity index (χ1v) is 9.29. The van der Waals surface area contributed by atoms with Gasteiger partial charge in [0.15, 0.2) is 11.5 Å². The van der Waals surface area contributed by atoms with Gasteiger partial charge in [0.05, 0.1) is 23.9 Å². The number of hydrogen-bond acceptors (Lipinski definition) is 5. The van der Waals surface area contributed by atoms with Crippen LogP contribution in [0.2, 0.25) is 0 Å². The number of hydrogen-bond donors (Lipinski definition) is 1. The average molecular weight is 454 g/mol. The van der Waals surface area contributed by atoms with Crippen molar-refractivity contribution in [3.63, 3.8) is 0 Å². The highest BCUT2D eigenvalue weighted by molar-refractivity contribution is 9.10. The largest absolute Gasteiger partial charge is 0.493 e. The minimum absolute atomic E-state index is 0.107. The van der Waals surface area contributed by atoms with Crippen LogP contribution < -0.4 is 9.47 Å². The smallest absolute Gasteiger partial charge is 0.343 e. The maximum absolute atomic E-state index is 12.3. The summed E-state index contributed by atoms with van der Waals surface area (Å²) >= 11 is 3.32. The van der Waals surface area contributed by atoms with E-state index in [1.807, 2.05) is 0 Å². The number of ether oxygens (including phenoxy) is 2. The number of halogens is 1. The highest BCUT2D eigenvalue weighted by Crippen LogP contribution is 2.29. The van der Waals surface area contributed by atoms with Crippen LogP contribution in [0.15, 0.2) is 76.2 Å². The summed E-state index contributed by atoms with van der Waals surface area (Å²) in [6.07, 6.45) is 1.52. The number of carboxylic acid groups (broad SMARTS) is 1. The number of para-hydroxylation sites is 1. The van der Waals surface area contributed by atoms with Crippen LogP contribution in [0.3, 0.4) is 0 Å². The molecule has 0 radical (unpaired) electrons. The van der Waals surface area contributed by atoms with Gasteiger partial charge in [0.25, 0.3) is 0 Å². The molecule has 0 spiro atoms. The van der Waals surface area contributed by atoms with Gasteiger partial charge in [-0.1, -0.05) is 28.1 Å². The van der Waals surface area contributed by atoms with Crippen molar-refractivity contribution in [1.29, 1.82) is 0 Å². The number of rotatable bonds is 6. The van der Waals surface area contributed by atoms with Gasteiger partial charge in [0, 0.05) is 10.7 Å². The summed E-state index contributed by atoms with van der Waals surface area (Å²) in [4.78, 5) is 27.8. The highest BCUT2D eigenvalue weighted by Gasteiger charge is 2.13. The van der Waals surface area contributed by atoms with E-state index in [0.29, 0.717) is 22.6 Å². The van der Waals surface area contributed by atoms with Gasteiger partial charge in [-0.2, -0.15) is 0 Å². The predicted octanol–water partition coefficient (Wildman–Crippen LogP) is 5.13. The summed E-state index contributed by atoms with van der Waals surface area (Å²) in [6, 6.07) is 18.2. The van der Waals surface area contributed by atoms with E-state index in [-0.39, 0.29) is 11.3 Å². The van der Waals surface area contributed by atoms with Gasteiger partial charge in [-0.15, -0.1) is 0 Å². The van der Waals surface area contributed by atoms with Gasteiger partial charge < -0.3 is 14.6 Å². The van der Waals surface area contributed by atoms with E-state index in [1.165, 1.54) is 19.4 Å². The molecule has 0 aliphatic heterocycles. The average Bonchev–Trinajstić information content (AvgIpc) is 2.73. The molecular weight excluding hydrogens is 438 g/mol. The number of carbonyl (C=O) groups excluding carboxylic acids is 1. The predicted molar refractivity (Wildman–Crippen MR) is 113 cm³/mol. The Balaban J connectivity index is 1.81. The Morgan fingerprint density at radius 1 is 1.00 bits per heavy atom. The first kappa shape index (κ1) is 20.3. The van der Waals surface area contributed by atoms with Gasteiger partial charge in [0.1, 0.15) is 0 Å². The van der Waals surface area contributed by atoms with Gasteiger partial charge in [-0.3, -0.25) is 4.99 Å². The van der Waals surface area contributed by atoms with E-state index in [2.05, 4.69) is 20.9 Å². The van der Waals surface area contributed by atoms with E-state index < -0.39 is 11.9 Å². The SMILES string of the molecule is COc1cc(C=Nc2ccccc2C(=O)O)ccc1OC(=O)c1ccc(Br)cc1. The Hall–Kier alpha value is -3.45. The minimum Gasteiger partial charge on any atom is -0.493 e. The van der Waals surface area contributed by atoms with E-state index in [1.54, 1.807) is 60.7 Å². The Morgan fingerprint density at radius 2 is 1.72 bits per heavy atom. The van der Waals surface area contributed by atoms with Crippen LogP contribution in [0, 0.1) is 0 Å². The van der Waals surface area contributed by atoms with Gasteiger partial charge in [-0.25, -0.2) is 9.59 Å². The third kappa shape index (κ3) is 5.08. The molecule has 0 amide bonds. The van der Waals surface area contributed by atoms with Crippen LogP contribution in [-0.4, -0.2) is 30.4 Å². The molecule has 3 aromatic rings. The maximum atomic E-state index is 12.3. The van der Waals surface area contributed by atoms with E-state index in [0.717, 1.165) is 4.47 Å². The summed E-state index contributed by atoms with van der Waals surface area (Å²) in [7, 11) is 1.47. The fraction of sp³-hybridized carbons (Fsp3) is 0.0455. The van der Waals surface area contributed by atoms with Crippen LogP contribution in [0.1, 0.15) is 26.3 Å². The quantitative estimate of drug-likeness (QED) is 0.317. The first-order valence-electron chi connectivity index (χ1n) is 8.50.